The molecule has 1 aromatic rings. The van der Waals surface area contributed by atoms with E-state index in [0.29, 0.717) is 0 Å². The second kappa shape index (κ2) is 3.88. The molecule has 1 N–H and O–H groups in total. The second-order valence-electron chi connectivity index (χ2n) is 2.65. The monoisotopic (exact) mass is 221 g/mol. The first-order chi connectivity index (χ1) is 6.45. The highest BCUT2D eigenvalue weighted by atomic mass is 35.5. The highest BCUT2D eigenvalue weighted by Crippen LogP contribution is 2.15. The van der Waals surface area contributed by atoms with Gasteiger partial charge in [0, 0.05) is 11.8 Å². The van der Waals surface area contributed by atoms with E-state index in [2.05, 4.69) is 4.98 Å². The fourth-order valence-electron chi connectivity index (χ4n) is 1.02. The van der Waals surface area contributed by atoms with E-state index >= 15 is 0 Å². The molecular weight excluding hydrogens is 216 g/mol. The van der Waals surface area contributed by atoms with Crippen molar-refractivity contribution in [2.24, 2.45) is 0 Å². The zero-order valence-electron chi connectivity index (χ0n) is 7.11. The van der Waals surface area contributed by atoms with E-state index < -0.39 is 22.7 Å². The number of aromatic nitrogens is 1. The number of alkyl halides is 2. The summed E-state index contributed by atoms with van der Waals surface area (Å²) in [6.07, 6.45) is -2.06. The Bertz CT molecular complexity index is 428. The van der Waals surface area contributed by atoms with Crippen LogP contribution >= 0.6 is 11.6 Å². The smallest absolute Gasteiger partial charge is 0.269 e. The predicted octanol–water partition coefficient (Wildman–Crippen LogP) is 2.00. The molecule has 0 aromatic carbocycles. The van der Waals surface area contributed by atoms with Crippen LogP contribution in [0.1, 0.15) is 28.0 Å². The van der Waals surface area contributed by atoms with Crippen LogP contribution in [0.5, 0.6) is 0 Å². The van der Waals surface area contributed by atoms with Gasteiger partial charge >= 0.3 is 0 Å². The van der Waals surface area contributed by atoms with E-state index in [1.165, 1.54) is 6.92 Å². The number of rotatable bonds is 2. The molecule has 0 atom stereocenters. The van der Waals surface area contributed by atoms with Crippen molar-refractivity contribution < 1.29 is 13.6 Å². The third-order valence-electron chi connectivity index (χ3n) is 1.78. The Balaban J connectivity index is 3.42. The molecule has 0 saturated heterocycles. The van der Waals surface area contributed by atoms with Crippen LogP contribution in [-0.4, -0.2) is 10.2 Å². The molecule has 0 aliphatic heterocycles. The van der Waals surface area contributed by atoms with Crippen LogP contribution in [0.25, 0.3) is 0 Å². The molecule has 0 unspecified atom stereocenters. The van der Waals surface area contributed by atoms with Gasteiger partial charge in [0.15, 0.2) is 5.43 Å². The summed E-state index contributed by atoms with van der Waals surface area (Å²) in [6, 6.07) is 0. The van der Waals surface area contributed by atoms with Crippen LogP contribution in [-0.2, 0) is 0 Å². The fourth-order valence-corrected chi connectivity index (χ4v) is 1.22. The summed E-state index contributed by atoms with van der Waals surface area (Å²) in [5.74, 6) is 0. The summed E-state index contributed by atoms with van der Waals surface area (Å²) in [5, 5.41) is -0.875. The number of carbonyl (C=O) groups is 1. The number of halogens is 3. The molecule has 0 radical (unpaired) electrons. The van der Waals surface area contributed by atoms with Gasteiger partial charge in [-0.15, -0.1) is 0 Å². The Hall–Kier alpha value is -1.23. The van der Waals surface area contributed by atoms with Crippen LogP contribution in [0, 0.1) is 6.92 Å². The van der Waals surface area contributed by atoms with Crippen molar-refractivity contribution in [1.29, 1.82) is 0 Å². The first-order valence-corrected chi connectivity index (χ1v) is 4.03. The maximum absolute atomic E-state index is 12.2. The van der Waals surface area contributed by atoms with Gasteiger partial charge in [-0.25, -0.2) is 8.78 Å². The molecular formula is C8H6ClF2NO2. The maximum Gasteiger partial charge on any atom is 0.269 e. The summed E-state index contributed by atoms with van der Waals surface area (Å²) in [5.41, 5.74) is -1.77. The molecule has 1 aromatic heterocycles. The largest absolute Gasteiger partial charge is 0.357 e. The van der Waals surface area contributed by atoms with Gasteiger partial charge < -0.3 is 4.98 Å². The predicted molar refractivity (Wildman–Crippen MR) is 46.9 cm³/mol. The summed E-state index contributed by atoms with van der Waals surface area (Å²) < 4.78 is 24.4. The molecule has 1 rings (SSSR count). The molecule has 0 aliphatic carbocycles. The number of H-pyrrole nitrogens is 1. The third kappa shape index (κ3) is 1.82. The van der Waals surface area contributed by atoms with Gasteiger partial charge in [-0.1, -0.05) is 0 Å². The summed E-state index contributed by atoms with van der Waals surface area (Å²) >= 11 is 5.12. The number of hydrogen-bond acceptors (Lipinski definition) is 2. The van der Waals surface area contributed by atoms with E-state index in [1.54, 1.807) is 0 Å². The topological polar surface area (TPSA) is 49.9 Å². The van der Waals surface area contributed by atoms with Crippen LogP contribution < -0.4 is 5.43 Å². The molecule has 1 heterocycles. The lowest BCUT2D eigenvalue weighted by Crippen LogP contribution is -2.17. The molecule has 0 saturated carbocycles. The van der Waals surface area contributed by atoms with Crippen molar-refractivity contribution in [1.82, 2.24) is 4.98 Å². The van der Waals surface area contributed by atoms with Gasteiger partial charge in [-0.3, -0.25) is 9.59 Å². The first kappa shape index (κ1) is 10.8. The van der Waals surface area contributed by atoms with Crippen molar-refractivity contribution in [3.05, 3.63) is 33.2 Å². The van der Waals surface area contributed by atoms with Crippen LogP contribution in [0.3, 0.4) is 0 Å². The molecule has 0 amide bonds. The van der Waals surface area contributed by atoms with Crippen molar-refractivity contribution >= 4 is 16.8 Å². The minimum absolute atomic E-state index is 0.0946. The molecule has 0 spiro atoms. The Kier molecular flexibility index (Phi) is 3.00. The molecule has 6 heteroatoms. The zero-order valence-corrected chi connectivity index (χ0v) is 7.86. The second-order valence-corrected chi connectivity index (χ2v) is 2.99. The third-order valence-corrected chi connectivity index (χ3v) is 1.97. The Morgan fingerprint density at radius 2 is 2.14 bits per heavy atom. The summed E-state index contributed by atoms with van der Waals surface area (Å²) in [7, 11) is 0. The Morgan fingerprint density at radius 1 is 1.57 bits per heavy atom. The lowest BCUT2D eigenvalue weighted by Gasteiger charge is -2.03. The summed E-state index contributed by atoms with van der Waals surface area (Å²) in [4.78, 5) is 24.2. The number of carbonyl (C=O) groups excluding carboxylic acids is 1. The number of nitrogens with one attached hydrogen (secondary N) is 1. The van der Waals surface area contributed by atoms with Crippen molar-refractivity contribution in [3.63, 3.8) is 0 Å². The van der Waals surface area contributed by atoms with Crippen LogP contribution in [0.2, 0.25) is 0 Å². The van der Waals surface area contributed by atoms with E-state index in [-0.39, 0.29) is 11.3 Å². The Labute approximate surface area is 82.7 Å². The fraction of sp³-hybridized carbons (Fsp3) is 0.250. The average Bonchev–Trinajstić information content (AvgIpc) is 2.08. The lowest BCUT2D eigenvalue weighted by molar-refractivity contribution is 0.107. The molecule has 14 heavy (non-hydrogen) atoms. The standard InChI is InChI=1S/C8H6ClF2NO2/c1-3-5(7(9)14)12-2-4(6(3)13)8(10)11/h2,8H,1H3,(H,12,13). The van der Waals surface area contributed by atoms with E-state index in [1.807, 2.05) is 0 Å². The minimum atomic E-state index is -2.86. The van der Waals surface area contributed by atoms with Gasteiger partial charge in [0.1, 0.15) is 5.69 Å². The molecule has 3 nitrogen and oxygen atoms in total. The van der Waals surface area contributed by atoms with Gasteiger partial charge in [0.25, 0.3) is 11.7 Å². The average molecular weight is 222 g/mol. The highest BCUT2D eigenvalue weighted by Gasteiger charge is 2.17. The lowest BCUT2D eigenvalue weighted by atomic mass is 10.1. The van der Waals surface area contributed by atoms with Crippen molar-refractivity contribution in [3.8, 4) is 0 Å². The first-order valence-electron chi connectivity index (χ1n) is 3.65. The number of pyridine rings is 1. The van der Waals surface area contributed by atoms with E-state index in [4.69, 9.17) is 11.6 Å². The molecule has 0 aliphatic rings. The number of aromatic amines is 1. The van der Waals surface area contributed by atoms with Gasteiger partial charge in [-0.05, 0) is 18.5 Å². The van der Waals surface area contributed by atoms with Crippen molar-refractivity contribution in [2.45, 2.75) is 13.3 Å². The Morgan fingerprint density at radius 3 is 2.57 bits per heavy atom. The van der Waals surface area contributed by atoms with Gasteiger partial charge in [0.05, 0.1) is 5.56 Å². The van der Waals surface area contributed by atoms with E-state index in [0.717, 1.165) is 6.20 Å². The molecule has 76 valence electrons. The zero-order chi connectivity index (χ0) is 10.9. The maximum atomic E-state index is 12.2. The minimum Gasteiger partial charge on any atom is -0.357 e. The van der Waals surface area contributed by atoms with Gasteiger partial charge in [0.2, 0.25) is 0 Å². The number of hydrogen-bond donors (Lipinski definition) is 1. The quantitative estimate of drug-likeness (QED) is 0.777. The summed E-state index contributed by atoms with van der Waals surface area (Å²) in [6.45, 7) is 1.26. The van der Waals surface area contributed by atoms with Crippen LogP contribution in [0.4, 0.5) is 8.78 Å². The highest BCUT2D eigenvalue weighted by molar-refractivity contribution is 6.67. The van der Waals surface area contributed by atoms with Gasteiger partial charge in [-0.2, -0.15) is 0 Å². The molecule has 0 bridgehead atoms. The SMILES string of the molecule is Cc1c(C(=O)Cl)[nH]cc(C(F)F)c1=O. The van der Waals surface area contributed by atoms with Crippen LogP contribution in [0.15, 0.2) is 11.0 Å². The normalized spacial score (nSPS) is 10.6. The van der Waals surface area contributed by atoms with E-state index in [9.17, 15) is 18.4 Å². The molecule has 0 fully saturated rings. The van der Waals surface area contributed by atoms with Crippen molar-refractivity contribution in [2.75, 3.05) is 0 Å².